The molecule has 0 N–H and O–H groups in total. The third kappa shape index (κ3) is 5.24. The quantitative estimate of drug-likeness (QED) is 0.273. The first-order valence-corrected chi connectivity index (χ1v) is 11.8. The highest BCUT2D eigenvalue weighted by atomic mass is 32.2. The molecule has 174 valence electrons. The van der Waals surface area contributed by atoms with E-state index in [1.54, 1.807) is 67.8 Å². The molecule has 0 aliphatic carbocycles. The predicted molar refractivity (Wildman–Crippen MR) is 137 cm³/mol. The van der Waals surface area contributed by atoms with Crippen molar-refractivity contribution >= 4 is 46.0 Å². The van der Waals surface area contributed by atoms with Crippen LogP contribution in [0.3, 0.4) is 0 Å². The number of anilines is 1. The first-order chi connectivity index (χ1) is 16.5. The molecule has 1 saturated heterocycles. The van der Waals surface area contributed by atoms with Crippen LogP contribution in [-0.4, -0.2) is 23.9 Å². The molecule has 1 aliphatic heterocycles. The van der Waals surface area contributed by atoms with Crippen molar-refractivity contribution in [1.82, 2.24) is 0 Å². The Kier molecular flexibility index (Phi) is 7.49. The molecule has 5 nitrogen and oxygen atoms in total. The second-order valence-corrected chi connectivity index (χ2v) is 8.91. The minimum Gasteiger partial charge on any atom is -0.497 e. The smallest absolute Gasteiger partial charge is 0.270 e. The molecular formula is C26H22FNO4S2. The van der Waals surface area contributed by atoms with Gasteiger partial charge in [-0.2, -0.15) is 0 Å². The van der Waals surface area contributed by atoms with Gasteiger partial charge in [-0.05, 0) is 61.0 Å². The molecule has 1 aliphatic rings. The van der Waals surface area contributed by atoms with Gasteiger partial charge in [0.25, 0.3) is 5.91 Å². The Morgan fingerprint density at radius 2 is 1.79 bits per heavy atom. The third-order valence-electron chi connectivity index (χ3n) is 5.03. The van der Waals surface area contributed by atoms with Crippen molar-refractivity contribution in [3.63, 3.8) is 0 Å². The largest absolute Gasteiger partial charge is 0.497 e. The normalized spacial score (nSPS) is 14.6. The minimum atomic E-state index is -0.323. The van der Waals surface area contributed by atoms with Gasteiger partial charge in [-0.1, -0.05) is 48.2 Å². The van der Waals surface area contributed by atoms with Gasteiger partial charge in [-0.25, -0.2) is 4.39 Å². The van der Waals surface area contributed by atoms with E-state index >= 15 is 0 Å². The molecule has 0 spiro atoms. The number of thiocarbonyl (C=S) groups is 1. The van der Waals surface area contributed by atoms with E-state index in [9.17, 15) is 9.18 Å². The number of nitrogens with zero attached hydrogens (tertiary/aromatic N) is 1. The van der Waals surface area contributed by atoms with E-state index in [0.29, 0.717) is 44.3 Å². The van der Waals surface area contributed by atoms with Gasteiger partial charge in [0.05, 0.1) is 24.3 Å². The molecule has 0 unspecified atom stereocenters. The van der Waals surface area contributed by atoms with Crippen molar-refractivity contribution < 1.29 is 23.4 Å². The van der Waals surface area contributed by atoms with Gasteiger partial charge in [-0.15, -0.1) is 0 Å². The van der Waals surface area contributed by atoms with E-state index in [-0.39, 0.29) is 18.3 Å². The number of carbonyl (C=O) groups is 1. The summed E-state index contributed by atoms with van der Waals surface area (Å²) in [5, 5.41) is 0. The molecule has 1 fully saturated rings. The summed E-state index contributed by atoms with van der Waals surface area (Å²) >= 11 is 6.69. The fourth-order valence-electron chi connectivity index (χ4n) is 3.35. The van der Waals surface area contributed by atoms with Crippen molar-refractivity contribution in [1.29, 1.82) is 0 Å². The lowest BCUT2D eigenvalue weighted by atomic mass is 10.1. The highest BCUT2D eigenvalue weighted by molar-refractivity contribution is 8.27. The lowest BCUT2D eigenvalue weighted by molar-refractivity contribution is -0.113. The molecule has 0 saturated carbocycles. The Morgan fingerprint density at radius 1 is 1.03 bits per heavy atom. The van der Waals surface area contributed by atoms with Crippen LogP contribution in [0.1, 0.15) is 18.1 Å². The monoisotopic (exact) mass is 495 g/mol. The van der Waals surface area contributed by atoms with Gasteiger partial charge in [0.2, 0.25) is 0 Å². The maximum atomic E-state index is 13.9. The van der Waals surface area contributed by atoms with Crippen molar-refractivity contribution in [2.75, 3.05) is 18.6 Å². The average molecular weight is 496 g/mol. The van der Waals surface area contributed by atoms with Crippen molar-refractivity contribution in [3.8, 4) is 17.2 Å². The van der Waals surface area contributed by atoms with Crippen LogP contribution in [0.2, 0.25) is 0 Å². The summed E-state index contributed by atoms with van der Waals surface area (Å²) in [6.45, 7) is 2.37. The number of ether oxygens (including phenoxy) is 3. The van der Waals surface area contributed by atoms with Crippen LogP contribution in [0, 0.1) is 5.82 Å². The topological polar surface area (TPSA) is 48.0 Å². The lowest BCUT2D eigenvalue weighted by Gasteiger charge is -2.15. The van der Waals surface area contributed by atoms with Crippen LogP contribution >= 0.6 is 24.0 Å². The van der Waals surface area contributed by atoms with Crippen molar-refractivity contribution in [2.24, 2.45) is 0 Å². The molecule has 3 aromatic carbocycles. The molecule has 8 heteroatoms. The SMILES string of the molecule is CCOc1cc(/C=C2/SC(=S)N(c3ccc(OC)cc3)C2=O)ccc1OCc1ccccc1F. The zero-order valence-corrected chi connectivity index (χ0v) is 20.3. The number of carbonyl (C=O) groups excluding carboxylic acids is 1. The summed E-state index contributed by atoms with van der Waals surface area (Å²) in [6.07, 6.45) is 1.77. The number of thioether (sulfide) groups is 1. The molecule has 1 amide bonds. The zero-order valence-electron chi connectivity index (χ0n) is 18.6. The van der Waals surface area contributed by atoms with E-state index < -0.39 is 0 Å². The molecular weight excluding hydrogens is 473 g/mol. The second-order valence-electron chi connectivity index (χ2n) is 7.23. The second kappa shape index (κ2) is 10.7. The number of hydrogen-bond acceptors (Lipinski definition) is 6. The van der Waals surface area contributed by atoms with Crippen LogP contribution in [0.4, 0.5) is 10.1 Å². The summed E-state index contributed by atoms with van der Waals surface area (Å²) < 4.78 is 31.1. The van der Waals surface area contributed by atoms with Crippen LogP contribution < -0.4 is 19.1 Å². The molecule has 3 aromatic rings. The Morgan fingerprint density at radius 3 is 2.50 bits per heavy atom. The van der Waals surface area contributed by atoms with Gasteiger partial charge in [0, 0.05) is 5.56 Å². The maximum absolute atomic E-state index is 13.9. The number of amides is 1. The Balaban J connectivity index is 1.54. The van der Waals surface area contributed by atoms with Gasteiger partial charge in [-0.3, -0.25) is 9.69 Å². The van der Waals surface area contributed by atoms with Gasteiger partial charge in [0.1, 0.15) is 18.2 Å². The van der Waals surface area contributed by atoms with Crippen molar-refractivity contribution in [3.05, 3.63) is 88.6 Å². The highest BCUT2D eigenvalue weighted by Crippen LogP contribution is 2.38. The van der Waals surface area contributed by atoms with E-state index in [0.717, 1.165) is 5.56 Å². The molecule has 1 heterocycles. The van der Waals surface area contributed by atoms with Gasteiger partial charge >= 0.3 is 0 Å². The summed E-state index contributed by atoms with van der Waals surface area (Å²) in [6, 6.07) is 19.0. The predicted octanol–water partition coefficient (Wildman–Crippen LogP) is 6.22. The van der Waals surface area contributed by atoms with E-state index in [1.807, 2.05) is 13.0 Å². The zero-order chi connectivity index (χ0) is 24.1. The van der Waals surface area contributed by atoms with Crippen molar-refractivity contribution in [2.45, 2.75) is 13.5 Å². The fraction of sp³-hybridized carbons (Fsp3) is 0.154. The number of rotatable bonds is 8. The molecule has 0 radical (unpaired) electrons. The lowest BCUT2D eigenvalue weighted by Crippen LogP contribution is -2.27. The first-order valence-electron chi connectivity index (χ1n) is 10.5. The summed E-state index contributed by atoms with van der Waals surface area (Å²) in [4.78, 5) is 15.1. The van der Waals surface area contributed by atoms with Gasteiger partial charge in [0.15, 0.2) is 15.8 Å². The first kappa shape index (κ1) is 23.8. The third-order valence-corrected chi connectivity index (χ3v) is 6.33. The number of methoxy groups -OCH3 is 1. The number of hydrogen-bond donors (Lipinski definition) is 0. The van der Waals surface area contributed by atoms with Crippen LogP contribution in [-0.2, 0) is 11.4 Å². The summed E-state index contributed by atoms with van der Waals surface area (Å²) in [5.74, 6) is 1.19. The molecule has 34 heavy (non-hydrogen) atoms. The summed E-state index contributed by atoms with van der Waals surface area (Å²) in [5.41, 5.74) is 1.90. The summed E-state index contributed by atoms with van der Waals surface area (Å²) in [7, 11) is 1.59. The van der Waals surface area contributed by atoms with Crippen LogP contribution in [0.15, 0.2) is 71.6 Å². The Hall–Kier alpha value is -3.36. The van der Waals surface area contributed by atoms with Crippen LogP contribution in [0.25, 0.3) is 6.08 Å². The standard InChI is InChI=1S/C26H22FNO4S2/c1-3-31-23-14-17(8-13-22(23)32-16-18-6-4-5-7-21(18)27)15-24-25(29)28(26(33)34-24)19-9-11-20(30-2)12-10-19/h4-15H,3,16H2,1-2H3/b24-15+. The Bertz CT molecular complexity index is 1240. The Labute approximate surface area is 207 Å². The average Bonchev–Trinajstić information content (AvgIpc) is 3.12. The van der Waals surface area contributed by atoms with E-state index in [2.05, 4.69) is 0 Å². The molecule has 0 bridgehead atoms. The maximum Gasteiger partial charge on any atom is 0.270 e. The highest BCUT2D eigenvalue weighted by Gasteiger charge is 2.33. The van der Waals surface area contributed by atoms with E-state index in [4.69, 9.17) is 26.4 Å². The van der Waals surface area contributed by atoms with Gasteiger partial charge < -0.3 is 14.2 Å². The number of halogens is 1. The van der Waals surface area contributed by atoms with E-state index in [1.165, 1.54) is 22.7 Å². The molecule has 0 aromatic heterocycles. The number of benzene rings is 3. The minimum absolute atomic E-state index is 0.0760. The van der Waals surface area contributed by atoms with Crippen LogP contribution in [0.5, 0.6) is 17.2 Å². The molecule has 4 rings (SSSR count). The molecule has 0 atom stereocenters. The fourth-order valence-corrected chi connectivity index (χ4v) is 4.64.